The fourth-order valence-corrected chi connectivity index (χ4v) is 2.81. The summed E-state index contributed by atoms with van der Waals surface area (Å²) in [5.74, 6) is 0.515. The zero-order valence-corrected chi connectivity index (χ0v) is 11.4. The molecule has 2 rings (SSSR count). The van der Waals surface area contributed by atoms with Crippen LogP contribution in [-0.4, -0.2) is 13.5 Å². The molecule has 102 valence electrons. The first-order chi connectivity index (χ1) is 9.03. The number of nitrogens with one attached hydrogen (secondary N) is 1. The molecule has 0 aliphatic carbocycles. The summed E-state index contributed by atoms with van der Waals surface area (Å²) in [5.41, 5.74) is 0.478. The van der Waals surface area contributed by atoms with Gasteiger partial charge in [-0.25, -0.2) is 13.1 Å². The molecule has 0 atom stereocenters. The minimum Gasteiger partial charge on any atom is -0.468 e. The average molecular weight is 302 g/mol. The van der Waals surface area contributed by atoms with Gasteiger partial charge in [0, 0.05) is 5.02 Å². The van der Waals surface area contributed by atoms with Gasteiger partial charge < -0.3 is 9.52 Å². The van der Waals surface area contributed by atoms with Crippen LogP contribution < -0.4 is 4.72 Å². The molecule has 2 aromatic rings. The van der Waals surface area contributed by atoms with Crippen LogP contribution in [0.3, 0.4) is 0 Å². The highest BCUT2D eigenvalue weighted by atomic mass is 35.5. The molecule has 0 radical (unpaired) electrons. The highest BCUT2D eigenvalue weighted by Crippen LogP contribution is 2.21. The van der Waals surface area contributed by atoms with Crippen molar-refractivity contribution >= 4 is 21.6 Å². The molecule has 19 heavy (non-hydrogen) atoms. The number of furan rings is 1. The van der Waals surface area contributed by atoms with Crippen molar-refractivity contribution in [2.75, 3.05) is 0 Å². The third-order valence-corrected chi connectivity index (χ3v) is 4.27. The molecule has 0 amide bonds. The number of hydrogen-bond acceptors (Lipinski definition) is 4. The van der Waals surface area contributed by atoms with Crippen molar-refractivity contribution in [2.45, 2.75) is 18.0 Å². The van der Waals surface area contributed by atoms with E-state index in [4.69, 9.17) is 21.1 Å². The van der Waals surface area contributed by atoms with E-state index in [2.05, 4.69) is 4.72 Å². The Morgan fingerprint density at radius 2 is 2.11 bits per heavy atom. The van der Waals surface area contributed by atoms with Crippen molar-refractivity contribution in [2.24, 2.45) is 0 Å². The summed E-state index contributed by atoms with van der Waals surface area (Å²) in [6, 6.07) is 7.52. The normalized spacial score (nSPS) is 11.7. The minimum absolute atomic E-state index is 0.0428. The third kappa shape index (κ3) is 3.36. The number of halogens is 1. The molecule has 0 fully saturated rings. The maximum atomic E-state index is 12.0. The molecule has 0 aliphatic heterocycles. The van der Waals surface area contributed by atoms with Crippen molar-refractivity contribution in [1.82, 2.24) is 4.72 Å². The highest BCUT2D eigenvalue weighted by Gasteiger charge is 2.15. The predicted molar refractivity (Wildman–Crippen MR) is 70.1 cm³/mol. The van der Waals surface area contributed by atoms with Crippen LogP contribution in [0.25, 0.3) is 0 Å². The monoisotopic (exact) mass is 301 g/mol. The van der Waals surface area contributed by atoms with Crippen LogP contribution in [0.5, 0.6) is 0 Å². The van der Waals surface area contributed by atoms with E-state index in [1.54, 1.807) is 12.1 Å². The second-order valence-electron chi connectivity index (χ2n) is 3.82. The Morgan fingerprint density at radius 3 is 2.68 bits per heavy atom. The standard InChI is InChI=1S/C12H12ClNO4S/c13-12-6-11(4-3-9(12)8-15)19(16,17)14-7-10-2-1-5-18-10/h1-6,14-15H,7-8H2. The highest BCUT2D eigenvalue weighted by molar-refractivity contribution is 7.89. The van der Waals surface area contributed by atoms with E-state index >= 15 is 0 Å². The van der Waals surface area contributed by atoms with Crippen molar-refractivity contribution in [3.63, 3.8) is 0 Å². The van der Waals surface area contributed by atoms with Crippen LogP contribution in [0.1, 0.15) is 11.3 Å². The number of aliphatic hydroxyl groups excluding tert-OH is 1. The van der Waals surface area contributed by atoms with Crippen molar-refractivity contribution in [3.05, 3.63) is 52.9 Å². The SMILES string of the molecule is O=S(=O)(NCc1ccco1)c1ccc(CO)c(Cl)c1. The smallest absolute Gasteiger partial charge is 0.241 e. The number of hydrogen-bond donors (Lipinski definition) is 2. The molecule has 2 N–H and O–H groups in total. The molecule has 0 bridgehead atoms. The lowest BCUT2D eigenvalue weighted by molar-refractivity contribution is 0.282. The van der Waals surface area contributed by atoms with Gasteiger partial charge in [-0.3, -0.25) is 0 Å². The average Bonchev–Trinajstić information content (AvgIpc) is 2.89. The van der Waals surface area contributed by atoms with Gasteiger partial charge >= 0.3 is 0 Å². The molecular formula is C12H12ClNO4S. The fourth-order valence-electron chi connectivity index (χ4n) is 1.49. The lowest BCUT2D eigenvalue weighted by atomic mass is 10.2. The van der Waals surface area contributed by atoms with E-state index < -0.39 is 10.0 Å². The molecule has 5 nitrogen and oxygen atoms in total. The molecule has 0 saturated carbocycles. The van der Waals surface area contributed by atoms with Gasteiger partial charge in [-0.05, 0) is 29.8 Å². The number of rotatable bonds is 5. The molecule has 1 aromatic carbocycles. The van der Waals surface area contributed by atoms with Crippen LogP contribution >= 0.6 is 11.6 Å². The molecular weight excluding hydrogens is 290 g/mol. The molecule has 0 aliphatic rings. The summed E-state index contributed by atoms with van der Waals surface area (Å²) in [6.45, 7) is -0.173. The molecule has 7 heteroatoms. The van der Waals surface area contributed by atoms with E-state index in [1.165, 1.54) is 24.5 Å². The number of sulfonamides is 1. The van der Waals surface area contributed by atoms with Gasteiger partial charge in [0.05, 0.1) is 24.3 Å². The summed E-state index contributed by atoms with van der Waals surface area (Å²) in [6.07, 6.45) is 1.47. The topological polar surface area (TPSA) is 79.5 Å². The summed E-state index contributed by atoms with van der Waals surface area (Å²) >= 11 is 5.86. The maximum Gasteiger partial charge on any atom is 0.241 e. The van der Waals surface area contributed by atoms with Crippen LogP contribution in [0.15, 0.2) is 45.9 Å². The first-order valence-corrected chi connectivity index (χ1v) is 7.30. The second kappa shape index (κ2) is 5.75. The Morgan fingerprint density at radius 1 is 1.32 bits per heavy atom. The molecule has 1 aromatic heterocycles. The molecule has 0 spiro atoms. The first-order valence-electron chi connectivity index (χ1n) is 5.44. The lowest BCUT2D eigenvalue weighted by Crippen LogP contribution is -2.23. The van der Waals surface area contributed by atoms with Gasteiger partial charge in [0.2, 0.25) is 10.0 Å². The lowest BCUT2D eigenvalue weighted by Gasteiger charge is -2.07. The van der Waals surface area contributed by atoms with E-state index in [1.807, 2.05) is 0 Å². The van der Waals surface area contributed by atoms with E-state index in [-0.39, 0.29) is 23.1 Å². The number of aliphatic hydroxyl groups is 1. The Bertz CT molecular complexity index is 652. The van der Waals surface area contributed by atoms with Crippen LogP contribution in [-0.2, 0) is 23.2 Å². The summed E-state index contributed by atoms with van der Waals surface area (Å²) < 4.78 is 31.4. The van der Waals surface area contributed by atoms with Crippen LogP contribution in [0.2, 0.25) is 5.02 Å². The minimum atomic E-state index is -3.66. The largest absolute Gasteiger partial charge is 0.468 e. The van der Waals surface area contributed by atoms with Gasteiger partial charge in [-0.1, -0.05) is 17.7 Å². The number of benzene rings is 1. The van der Waals surface area contributed by atoms with Crippen molar-refractivity contribution < 1.29 is 17.9 Å². The van der Waals surface area contributed by atoms with Crippen molar-refractivity contribution in [3.8, 4) is 0 Å². The summed E-state index contributed by atoms with van der Waals surface area (Å²) in [7, 11) is -3.66. The van der Waals surface area contributed by atoms with E-state index in [0.717, 1.165) is 0 Å². The zero-order chi connectivity index (χ0) is 13.9. The maximum absolute atomic E-state index is 12.0. The Labute approximate surface area is 115 Å². The second-order valence-corrected chi connectivity index (χ2v) is 5.99. The van der Waals surface area contributed by atoms with Gasteiger partial charge in [-0.15, -0.1) is 0 Å². The molecule has 1 heterocycles. The van der Waals surface area contributed by atoms with Crippen LogP contribution in [0.4, 0.5) is 0 Å². The summed E-state index contributed by atoms with van der Waals surface area (Å²) in [5, 5.41) is 9.19. The Kier molecular flexibility index (Phi) is 4.26. The van der Waals surface area contributed by atoms with E-state index in [0.29, 0.717) is 11.3 Å². The fraction of sp³-hybridized carbons (Fsp3) is 0.167. The zero-order valence-electron chi connectivity index (χ0n) is 9.84. The van der Waals surface area contributed by atoms with E-state index in [9.17, 15) is 8.42 Å². The predicted octanol–water partition coefficient (Wildman–Crippen LogP) is 1.90. The molecule has 0 saturated heterocycles. The van der Waals surface area contributed by atoms with Gasteiger partial charge in [-0.2, -0.15) is 0 Å². The summed E-state index contributed by atoms with van der Waals surface area (Å²) in [4.78, 5) is 0.0428. The Hall–Kier alpha value is -1.34. The third-order valence-electron chi connectivity index (χ3n) is 2.52. The quantitative estimate of drug-likeness (QED) is 0.884. The van der Waals surface area contributed by atoms with Gasteiger partial charge in [0.1, 0.15) is 5.76 Å². The van der Waals surface area contributed by atoms with Gasteiger partial charge in [0.25, 0.3) is 0 Å². The first kappa shape index (κ1) is 14.1. The van der Waals surface area contributed by atoms with Gasteiger partial charge in [0.15, 0.2) is 0 Å². The Balaban J connectivity index is 2.17. The van der Waals surface area contributed by atoms with Crippen molar-refractivity contribution in [1.29, 1.82) is 0 Å². The molecule has 0 unspecified atom stereocenters. The van der Waals surface area contributed by atoms with Crippen LogP contribution in [0, 0.1) is 0 Å².